The maximum absolute atomic E-state index is 2.70. The monoisotopic (exact) mass is 264 g/mol. The highest BCUT2D eigenvalue weighted by Crippen LogP contribution is 1.97. The van der Waals surface area contributed by atoms with Gasteiger partial charge in [0.25, 0.3) is 0 Å². The molecular weight excluding hydrogens is 236 g/mol. The van der Waals surface area contributed by atoms with Crippen molar-refractivity contribution < 1.29 is 0 Å². The third-order valence-electron chi connectivity index (χ3n) is 3.37. The summed E-state index contributed by atoms with van der Waals surface area (Å²) >= 11 is 0. The van der Waals surface area contributed by atoms with Crippen LogP contribution in [0.2, 0.25) is 0 Å². The van der Waals surface area contributed by atoms with Crippen LogP contribution in [0.15, 0.2) is 30.3 Å². The lowest BCUT2D eigenvalue weighted by atomic mass is 10.3. The number of hydrogen-bond donors (Lipinski definition) is 0. The first-order chi connectivity index (χ1) is 8.80. The number of hydrogen-bond acceptors (Lipinski definition) is 2. The lowest BCUT2D eigenvalue weighted by Crippen LogP contribution is -2.44. The molecule has 1 aromatic carbocycles. The zero-order chi connectivity index (χ0) is 13.2. The molecular formula is C15H28N2Si. The van der Waals surface area contributed by atoms with Crippen LogP contribution in [0, 0.1) is 0 Å². The molecule has 0 amide bonds. The lowest BCUT2D eigenvalue weighted by Gasteiger charge is -2.29. The molecule has 0 unspecified atom stereocenters. The normalized spacial score (nSPS) is 12.1. The van der Waals surface area contributed by atoms with Gasteiger partial charge in [0.05, 0.1) is 0 Å². The van der Waals surface area contributed by atoms with Crippen LogP contribution < -0.4 is 5.19 Å². The number of rotatable bonds is 9. The number of benzene rings is 1. The van der Waals surface area contributed by atoms with E-state index in [1.807, 2.05) is 0 Å². The van der Waals surface area contributed by atoms with Crippen LogP contribution in [0.1, 0.15) is 33.6 Å². The molecule has 0 N–H and O–H groups in total. The summed E-state index contributed by atoms with van der Waals surface area (Å²) in [5.41, 5.74) is 0. The van der Waals surface area contributed by atoms with Crippen molar-refractivity contribution in [2.24, 2.45) is 0 Å². The van der Waals surface area contributed by atoms with E-state index in [-0.39, 0.29) is 9.68 Å². The molecule has 0 heterocycles. The van der Waals surface area contributed by atoms with Gasteiger partial charge in [0.2, 0.25) is 0 Å². The standard InChI is InChI=1S/C15H28N2Si/c1-4-7-13-17(14-16(5-2)6-3)18-15-11-9-8-10-12-15/h8-12H,4-7,13-14,18H2,1-3H3. The van der Waals surface area contributed by atoms with E-state index in [4.69, 9.17) is 0 Å². The van der Waals surface area contributed by atoms with Gasteiger partial charge in [-0.15, -0.1) is 0 Å². The topological polar surface area (TPSA) is 6.48 Å². The molecule has 0 aliphatic rings. The molecule has 0 saturated heterocycles. The van der Waals surface area contributed by atoms with Crippen molar-refractivity contribution in [2.45, 2.75) is 33.6 Å². The summed E-state index contributed by atoms with van der Waals surface area (Å²) in [7, 11) is -0.288. The van der Waals surface area contributed by atoms with Gasteiger partial charge in [0.1, 0.15) is 9.68 Å². The van der Waals surface area contributed by atoms with Gasteiger partial charge in [0, 0.05) is 6.67 Å². The second-order valence-corrected chi connectivity index (χ2v) is 6.86. The van der Waals surface area contributed by atoms with Gasteiger partial charge in [-0.05, 0) is 31.2 Å². The Morgan fingerprint density at radius 3 is 2.22 bits per heavy atom. The Hall–Kier alpha value is -0.643. The van der Waals surface area contributed by atoms with E-state index in [9.17, 15) is 0 Å². The van der Waals surface area contributed by atoms with Crippen molar-refractivity contribution in [3.8, 4) is 0 Å². The molecule has 102 valence electrons. The molecule has 0 aliphatic heterocycles. The lowest BCUT2D eigenvalue weighted by molar-refractivity contribution is 0.211. The van der Waals surface area contributed by atoms with Crippen molar-refractivity contribution in [1.82, 2.24) is 9.47 Å². The van der Waals surface area contributed by atoms with E-state index in [0.717, 1.165) is 19.8 Å². The van der Waals surface area contributed by atoms with E-state index in [1.54, 1.807) is 5.19 Å². The largest absolute Gasteiger partial charge is 0.313 e. The van der Waals surface area contributed by atoms with E-state index in [1.165, 1.54) is 19.4 Å². The summed E-state index contributed by atoms with van der Waals surface area (Å²) in [6.07, 6.45) is 2.61. The molecule has 0 fully saturated rings. The molecule has 0 aromatic heterocycles. The Labute approximate surface area is 115 Å². The smallest absolute Gasteiger partial charge is 0.128 e. The summed E-state index contributed by atoms with van der Waals surface area (Å²) in [6, 6.07) is 11.0. The van der Waals surface area contributed by atoms with E-state index < -0.39 is 0 Å². The quantitative estimate of drug-likeness (QED) is 0.496. The van der Waals surface area contributed by atoms with E-state index >= 15 is 0 Å². The third kappa shape index (κ3) is 5.80. The van der Waals surface area contributed by atoms with E-state index in [2.05, 4.69) is 60.6 Å². The second kappa shape index (κ2) is 9.31. The SMILES string of the molecule is CCCCN(CN(CC)CC)[SiH2]c1ccccc1. The average Bonchev–Trinajstić information content (AvgIpc) is 2.42. The summed E-state index contributed by atoms with van der Waals surface area (Å²) in [4.78, 5) is 2.52. The molecule has 0 saturated carbocycles. The predicted molar refractivity (Wildman–Crippen MR) is 84.0 cm³/mol. The first kappa shape index (κ1) is 15.4. The minimum Gasteiger partial charge on any atom is -0.313 e. The highest BCUT2D eigenvalue weighted by molar-refractivity contribution is 6.50. The zero-order valence-electron chi connectivity index (χ0n) is 12.2. The van der Waals surface area contributed by atoms with Crippen LogP contribution in [-0.2, 0) is 0 Å². The van der Waals surface area contributed by atoms with Crippen LogP contribution in [0.5, 0.6) is 0 Å². The summed E-state index contributed by atoms with van der Waals surface area (Å²) in [5, 5.41) is 1.56. The Bertz CT molecular complexity index is 299. The highest BCUT2D eigenvalue weighted by Gasteiger charge is 2.09. The van der Waals surface area contributed by atoms with Gasteiger partial charge in [-0.25, -0.2) is 0 Å². The Kier molecular flexibility index (Phi) is 7.97. The predicted octanol–water partition coefficient (Wildman–Crippen LogP) is 1.80. The molecule has 1 aromatic rings. The fourth-order valence-corrected chi connectivity index (χ4v) is 3.89. The zero-order valence-corrected chi connectivity index (χ0v) is 13.6. The summed E-state index contributed by atoms with van der Waals surface area (Å²) in [5.74, 6) is 0. The van der Waals surface area contributed by atoms with Gasteiger partial charge in [0.15, 0.2) is 0 Å². The minimum absolute atomic E-state index is 0.288. The molecule has 1 rings (SSSR count). The molecule has 2 nitrogen and oxygen atoms in total. The Balaban J connectivity index is 2.54. The third-order valence-corrected chi connectivity index (χ3v) is 5.17. The van der Waals surface area contributed by atoms with Crippen molar-refractivity contribution in [3.05, 3.63) is 30.3 Å². The summed E-state index contributed by atoms with van der Waals surface area (Å²) < 4.78 is 2.70. The molecule has 0 atom stereocenters. The fourth-order valence-electron chi connectivity index (χ4n) is 2.13. The van der Waals surface area contributed by atoms with Gasteiger partial charge in [-0.3, -0.25) is 4.90 Å². The number of unbranched alkanes of at least 4 members (excludes halogenated alkanes) is 1. The average molecular weight is 264 g/mol. The van der Waals surface area contributed by atoms with Crippen molar-refractivity contribution in [2.75, 3.05) is 26.3 Å². The van der Waals surface area contributed by atoms with Crippen molar-refractivity contribution >= 4 is 14.9 Å². The molecule has 0 aliphatic carbocycles. The first-order valence-electron chi connectivity index (χ1n) is 7.28. The van der Waals surface area contributed by atoms with Gasteiger partial charge in [-0.2, -0.15) is 0 Å². The molecule has 0 radical (unpaired) electrons. The van der Waals surface area contributed by atoms with Crippen LogP contribution in [-0.4, -0.2) is 45.4 Å². The van der Waals surface area contributed by atoms with Gasteiger partial charge >= 0.3 is 0 Å². The van der Waals surface area contributed by atoms with Gasteiger partial charge < -0.3 is 4.57 Å². The minimum atomic E-state index is -0.288. The van der Waals surface area contributed by atoms with E-state index in [0.29, 0.717) is 0 Å². The maximum atomic E-state index is 2.70. The fraction of sp³-hybridized carbons (Fsp3) is 0.600. The molecule has 18 heavy (non-hydrogen) atoms. The summed E-state index contributed by atoms with van der Waals surface area (Å²) in [6.45, 7) is 11.5. The van der Waals surface area contributed by atoms with Crippen LogP contribution in [0.3, 0.4) is 0 Å². The van der Waals surface area contributed by atoms with Gasteiger partial charge in [-0.1, -0.05) is 57.5 Å². The molecule has 0 spiro atoms. The highest BCUT2D eigenvalue weighted by atomic mass is 28.2. The first-order valence-corrected chi connectivity index (χ1v) is 8.62. The van der Waals surface area contributed by atoms with Crippen LogP contribution in [0.4, 0.5) is 0 Å². The van der Waals surface area contributed by atoms with Crippen molar-refractivity contribution in [1.29, 1.82) is 0 Å². The second-order valence-electron chi connectivity index (χ2n) is 4.84. The molecule has 0 bridgehead atoms. The molecule has 3 heteroatoms. The Morgan fingerprint density at radius 1 is 1.00 bits per heavy atom. The Morgan fingerprint density at radius 2 is 1.67 bits per heavy atom. The van der Waals surface area contributed by atoms with Crippen LogP contribution in [0.25, 0.3) is 0 Å². The number of nitrogens with zero attached hydrogens (tertiary/aromatic N) is 2. The van der Waals surface area contributed by atoms with Crippen molar-refractivity contribution in [3.63, 3.8) is 0 Å². The van der Waals surface area contributed by atoms with Crippen LogP contribution >= 0.6 is 0 Å². The maximum Gasteiger partial charge on any atom is 0.128 e.